The Morgan fingerprint density at radius 1 is 0.294 bits per heavy atom. The maximum Gasteiger partial charge on any atom is 0.164 e. The van der Waals surface area contributed by atoms with Crippen molar-refractivity contribution in [3.63, 3.8) is 0 Å². The molecule has 0 N–H and O–H groups in total. The summed E-state index contributed by atoms with van der Waals surface area (Å²) in [5.74, 6) is 1.77. The molecular formula is C45H25N3O3. The summed E-state index contributed by atoms with van der Waals surface area (Å²) in [5.41, 5.74) is 9.61. The molecule has 11 aromatic rings. The smallest absolute Gasteiger partial charge is 0.164 e. The van der Waals surface area contributed by atoms with Crippen LogP contribution < -0.4 is 0 Å². The molecule has 6 nitrogen and oxygen atoms in total. The van der Waals surface area contributed by atoms with Gasteiger partial charge in [0.1, 0.15) is 33.5 Å². The van der Waals surface area contributed by atoms with Crippen LogP contribution in [0.4, 0.5) is 0 Å². The highest BCUT2D eigenvalue weighted by Crippen LogP contribution is 2.42. The Balaban J connectivity index is 1.09. The third kappa shape index (κ3) is 4.33. The molecule has 238 valence electrons. The van der Waals surface area contributed by atoms with Crippen molar-refractivity contribution in [1.82, 2.24) is 15.0 Å². The van der Waals surface area contributed by atoms with E-state index in [0.29, 0.717) is 17.5 Å². The zero-order valence-corrected chi connectivity index (χ0v) is 27.0. The van der Waals surface area contributed by atoms with Crippen LogP contribution >= 0.6 is 0 Å². The minimum absolute atomic E-state index is 0.579. The number of para-hydroxylation sites is 4. The normalized spacial score (nSPS) is 11.9. The van der Waals surface area contributed by atoms with Crippen LogP contribution in [0.3, 0.4) is 0 Å². The van der Waals surface area contributed by atoms with Crippen molar-refractivity contribution >= 4 is 65.8 Å². The number of furan rings is 3. The zero-order valence-electron chi connectivity index (χ0n) is 27.0. The van der Waals surface area contributed by atoms with Crippen molar-refractivity contribution in [2.24, 2.45) is 0 Å². The highest BCUT2D eigenvalue weighted by molar-refractivity contribution is 6.15. The molecule has 51 heavy (non-hydrogen) atoms. The van der Waals surface area contributed by atoms with Crippen LogP contribution in [0.1, 0.15) is 0 Å². The lowest BCUT2D eigenvalue weighted by molar-refractivity contribution is 0.665. The number of nitrogens with zero attached hydrogens (tertiary/aromatic N) is 3. The Hall–Kier alpha value is -7.05. The van der Waals surface area contributed by atoms with Crippen molar-refractivity contribution in [3.05, 3.63) is 152 Å². The number of fused-ring (bicyclic) bond motifs is 9. The molecule has 4 aromatic heterocycles. The quantitative estimate of drug-likeness (QED) is 0.188. The minimum atomic E-state index is 0.579. The van der Waals surface area contributed by atoms with Crippen molar-refractivity contribution < 1.29 is 13.3 Å². The molecule has 0 amide bonds. The summed E-state index contributed by atoms with van der Waals surface area (Å²) < 4.78 is 19.1. The highest BCUT2D eigenvalue weighted by Gasteiger charge is 2.19. The van der Waals surface area contributed by atoms with E-state index in [-0.39, 0.29) is 0 Å². The van der Waals surface area contributed by atoms with Gasteiger partial charge in [-0.2, -0.15) is 0 Å². The molecule has 0 aliphatic carbocycles. The molecule has 0 fully saturated rings. The topological polar surface area (TPSA) is 78.1 Å². The molecule has 0 atom stereocenters. The summed E-state index contributed by atoms with van der Waals surface area (Å²) in [4.78, 5) is 15.1. The third-order valence-electron chi connectivity index (χ3n) is 9.75. The second-order valence-electron chi connectivity index (χ2n) is 12.8. The molecule has 0 unspecified atom stereocenters. The first kappa shape index (κ1) is 27.9. The average molecular weight is 656 g/mol. The maximum absolute atomic E-state index is 6.60. The largest absolute Gasteiger partial charge is 0.456 e. The molecule has 0 saturated carbocycles. The van der Waals surface area contributed by atoms with Gasteiger partial charge in [0.2, 0.25) is 0 Å². The number of benzene rings is 7. The van der Waals surface area contributed by atoms with Gasteiger partial charge in [0.05, 0.1) is 0 Å². The van der Waals surface area contributed by atoms with Gasteiger partial charge in [-0.05, 0) is 48.5 Å². The van der Waals surface area contributed by atoms with E-state index in [9.17, 15) is 0 Å². The lowest BCUT2D eigenvalue weighted by Gasteiger charge is -2.08. The molecule has 0 aliphatic rings. The van der Waals surface area contributed by atoms with E-state index < -0.39 is 0 Å². The number of hydrogen-bond donors (Lipinski definition) is 0. The minimum Gasteiger partial charge on any atom is -0.456 e. The first-order valence-electron chi connectivity index (χ1n) is 16.8. The van der Waals surface area contributed by atoms with Gasteiger partial charge in [0.25, 0.3) is 0 Å². The predicted octanol–water partition coefficient (Wildman–Crippen LogP) is 12.2. The van der Waals surface area contributed by atoms with E-state index in [1.165, 1.54) is 0 Å². The Morgan fingerprint density at radius 3 is 1.35 bits per heavy atom. The van der Waals surface area contributed by atoms with E-state index >= 15 is 0 Å². The van der Waals surface area contributed by atoms with Gasteiger partial charge in [-0.15, -0.1) is 0 Å². The molecule has 0 bridgehead atoms. The third-order valence-corrected chi connectivity index (χ3v) is 9.75. The van der Waals surface area contributed by atoms with Crippen LogP contribution in [0.25, 0.3) is 111 Å². The van der Waals surface area contributed by atoms with E-state index in [4.69, 9.17) is 28.2 Å². The van der Waals surface area contributed by atoms with Gasteiger partial charge < -0.3 is 13.3 Å². The first-order valence-corrected chi connectivity index (χ1v) is 16.8. The Morgan fingerprint density at radius 2 is 0.725 bits per heavy atom. The lowest BCUT2D eigenvalue weighted by Crippen LogP contribution is -2.00. The summed E-state index contributed by atoms with van der Waals surface area (Å²) >= 11 is 0. The maximum atomic E-state index is 6.60. The molecule has 4 heterocycles. The Bertz CT molecular complexity index is 3150. The van der Waals surface area contributed by atoms with Gasteiger partial charge in [0, 0.05) is 60.1 Å². The molecule has 7 aromatic carbocycles. The van der Waals surface area contributed by atoms with Crippen molar-refractivity contribution in [3.8, 4) is 45.3 Å². The van der Waals surface area contributed by atoms with E-state index in [1.54, 1.807) is 0 Å². The summed E-state index contributed by atoms with van der Waals surface area (Å²) in [7, 11) is 0. The summed E-state index contributed by atoms with van der Waals surface area (Å²) in [5, 5.41) is 6.24. The summed E-state index contributed by atoms with van der Waals surface area (Å²) in [6, 6.07) is 51.0. The van der Waals surface area contributed by atoms with Crippen LogP contribution in [-0.2, 0) is 0 Å². The standard InChI is InChI=1S/C45H25N3O3/c1-2-10-26(11-3-1)43-46-44(27-20-22-39-35(24-27)30-13-5-6-18-37(30)49-39)48-45(47-43)28-21-23-40-36(25-28)34-17-9-16-33(42(34)51-40)32-15-8-14-31-29-12-4-7-19-38(29)50-41(31)32/h1-25H. The first-order chi connectivity index (χ1) is 25.2. The lowest BCUT2D eigenvalue weighted by atomic mass is 9.99. The number of aromatic nitrogens is 3. The predicted molar refractivity (Wildman–Crippen MR) is 203 cm³/mol. The highest BCUT2D eigenvalue weighted by atomic mass is 16.3. The van der Waals surface area contributed by atoms with Gasteiger partial charge in [0.15, 0.2) is 17.5 Å². The van der Waals surface area contributed by atoms with Crippen molar-refractivity contribution in [2.45, 2.75) is 0 Å². The summed E-state index contributed by atoms with van der Waals surface area (Å²) in [6.45, 7) is 0. The van der Waals surface area contributed by atoms with Crippen LogP contribution in [0, 0.1) is 0 Å². The monoisotopic (exact) mass is 655 g/mol. The van der Waals surface area contributed by atoms with E-state index in [2.05, 4.69) is 60.7 Å². The SMILES string of the molecule is c1ccc(-c2nc(-c3ccc4oc5ccccc5c4c3)nc(-c3ccc4oc5c(-c6cccc7c6oc6ccccc67)cccc5c4c3)n2)cc1. The van der Waals surface area contributed by atoms with Crippen molar-refractivity contribution in [2.75, 3.05) is 0 Å². The Labute approximate surface area is 290 Å². The van der Waals surface area contributed by atoms with Gasteiger partial charge >= 0.3 is 0 Å². The molecular weight excluding hydrogens is 631 g/mol. The molecule has 0 aliphatic heterocycles. The molecule has 6 heteroatoms. The molecule has 0 spiro atoms. The second kappa shape index (κ2) is 10.7. The second-order valence-corrected chi connectivity index (χ2v) is 12.8. The van der Waals surface area contributed by atoms with Crippen LogP contribution in [0.15, 0.2) is 165 Å². The summed E-state index contributed by atoms with van der Waals surface area (Å²) in [6.07, 6.45) is 0. The Kier molecular flexibility index (Phi) is 5.86. The molecule has 0 radical (unpaired) electrons. The number of rotatable bonds is 4. The van der Waals surface area contributed by atoms with Gasteiger partial charge in [-0.25, -0.2) is 15.0 Å². The van der Waals surface area contributed by atoms with E-state index in [1.807, 2.05) is 91.0 Å². The van der Waals surface area contributed by atoms with Crippen LogP contribution in [-0.4, -0.2) is 15.0 Å². The van der Waals surface area contributed by atoms with Gasteiger partial charge in [-0.1, -0.05) is 103 Å². The van der Waals surface area contributed by atoms with E-state index in [0.717, 1.165) is 93.6 Å². The average Bonchev–Trinajstić information content (AvgIpc) is 3.89. The molecule has 11 rings (SSSR count). The van der Waals surface area contributed by atoms with Gasteiger partial charge in [-0.3, -0.25) is 0 Å². The fourth-order valence-electron chi connectivity index (χ4n) is 7.32. The fourth-order valence-corrected chi connectivity index (χ4v) is 7.32. The van der Waals surface area contributed by atoms with Crippen LogP contribution in [0.5, 0.6) is 0 Å². The van der Waals surface area contributed by atoms with Crippen molar-refractivity contribution in [1.29, 1.82) is 0 Å². The fraction of sp³-hybridized carbons (Fsp3) is 0. The zero-order chi connectivity index (χ0) is 33.5. The molecule has 0 saturated heterocycles. The number of hydrogen-bond acceptors (Lipinski definition) is 6. The van der Waals surface area contributed by atoms with Crippen LogP contribution in [0.2, 0.25) is 0 Å².